The number of methoxy groups -OCH3 is 1. The van der Waals surface area contributed by atoms with Gasteiger partial charge >= 0.3 is 0 Å². The minimum absolute atomic E-state index is 0.0333. The molecule has 1 N–H and O–H groups in total. The zero-order chi connectivity index (χ0) is 15.9. The summed E-state index contributed by atoms with van der Waals surface area (Å²) in [5.74, 6) is 2.18. The maximum Gasteiger partial charge on any atom is 0.220 e. The lowest BCUT2D eigenvalue weighted by molar-refractivity contribution is -0.121. The van der Waals surface area contributed by atoms with Crippen LogP contribution in [0.15, 0.2) is 47.1 Å². The number of hydrogen-bond donors (Lipinski definition) is 1. The van der Waals surface area contributed by atoms with E-state index in [9.17, 15) is 4.79 Å². The number of rotatable bonds is 7. The second kappa shape index (κ2) is 7.69. The molecule has 22 heavy (non-hydrogen) atoms. The first-order chi connectivity index (χ1) is 10.6. The van der Waals surface area contributed by atoms with Crippen molar-refractivity contribution in [3.05, 3.63) is 54.0 Å². The molecule has 4 nitrogen and oxygen atoms in total. The van der Waals surface area contributed by atoms with Gasteiger partial charge in [-0.2, -0.15) is 0 Å². The van der Waals surface area contributed by atoms with Gasteiger partial charge < -0.3 is 14.5 Å². The van der Waals surface area contributed by atoms with Gasteiger partial charge in [-0.1, -0.05) is 26.0 Å². The van der Waals surface area contributed by atoms with E-state index in [0.717, 1.165) is 17.1 Å². The zero-order valence-corrected chi connectivity index (χ0v) is 13.3. The van der Waals surface area contributed by atoms with Crippen LogP contribution in [0, 0.1) is 5.92 Å². The van der Waals surface area contributed by atoms with E-state index < -0.39 is 0 Å². The van der Waals surface area contributed by atoms with Gasteiger partial charge in [0.15, 0.2) is 0 Å². The number of benzene rings is 1. The Morgan fingerprint density at radius 1 is 1.23 bits per heavy atom. The van der Waals surface area contributed by atoms with Crippen molar-refractivity contribution < 1.29 is 13.9 Å². The van der Waals surface area contributed by atoms with Gasteiger partial charge in [0.2, 0.25) is 5.91 Å². The lowest BCUT2D eigenvalue weighted by atomic mass is 9.85. The number of nitrogens with one attached hydrogen (secondary N) is 1. The maximum atomic E-state index is 12.2. The van der Waals surface area contributed by atoms with Crippen LogP contribution in [0.4, 0.5) is 0 Å². The Labute approximate surface area is 131 Å². The van der Waals surface area contributed by atoms with Crippen LogP contribution in [-0.4, -0.2) is 13.0 Å². The average molecular weight is 301 g/mol. The topological polar surface area (TPSA) is 51.5 Å². The summed E-state index contributed by atoms with van der Waals surface area (Å²) in [7, 11) is 1.65. The van der Waals surface area contributed by atoms with E-state index >= 15 is 0 Å². The minimum Gasteiger partial charge on any atom is -0.497 e. The van der Waals surface area contributed by atoms with Crippen LogP contribution in [0.2, 0.25) is 0 Å². The Balaban J connectivity index is 1.96. The number of ether oxygens (including phenoxy) is 1. The van der Waals surface area contributed by atoms with Crippen LogP contribution in [0.5, 0.6) is 5.75 Å². The van der Waals surface area contributed by atoms with Gasteiger partial charge in [-0.15, -0.1) is 0 Å². The van der Waals surface area contributed by atoms with E-state index in [1.165, 1.54) is 0 Å². The smallest absolute Gasteiger partial charge is 0.220 e. The number of amides is 1. The summed E-state index contributed by atoms with van der Waals surface area (Å²) < 4.78 is 10.4. The van der Waals surface area contributed by atoms with E-state index in [0.29, 0.717) is 18.9 Å². The number of hydrogen-bond acceptors (Lipinski definition) is 3. The number of carbonyl (C=O) groups excluding carboxylic acids is 1. The minimum atomic E-state index is 0.0333. The molecule has 2 aromatic rings. The van der Waals surface area contributed by atoms with Crippen molar-refractivity contribution in [1.29, 1.82) is 0 Å². The van der Waals surface area contributed by atoms with Gasteiger partial charge in [-0.25, -0.2) is 0 Å². The van der Waals surface area contributed by atoms with Crippen molar-refractivity contribution in [1.82, 2.24) is 5.32 Å². The maximum absolute atomic E-state index is 12.2. The largest absolute Gasteiger partial charge is 0.497 e. The van der Waals surface area contributed by atoms with Gasteiger partial charge in [0.05, 0.1) is 19.9 Å². The molecule has 4 heteroatoms. The van der Waals surface area contributed by atoms with Crippen molar-refractivity contribution in [3.8, 4) is 5.75 Å². The summed E-state index contributed by atoms with van der Waals surface area (Å²) in [6.07, 6.45) is 2.07. The first kappa shape index (κ1) is 16.1. The standard InChI is InChI=1S/C18H23NO3/c1-13(2)17(14-6-8-15(21-3)9-7-14)11-18(20)19-12-16-5-4-10-22-16/h4-10,13,17H,11-12H2,1-3H3,(H,19,20)/t17-/m1/s1. The molecule has 0 saturated heterocycles. The van der Waals surface area contributed by atoms with Gasteiger partial charge in [-0.05, 0) is 41.7 Å². The highest BCUT2D eigenvalue weighted by atomic mass is 16.5. The van der Waals surface area contributed by atoms with Gasteiger partial charge in [-0.3, -0.25) is 4.79 Å². The molecule has 1 heterocycles. The lowest BCUT2D eigenvalue weighted by Crippen LogP contribution is -2.25. The van der Waals surface area contributed by atoms with E-state index in [1.54, 1.807) is 13.4 Å². The summed E-state index contributed by atoms with van der Waals surface area (Å²) in [5.41, 5.74) is 1.16. The number of carbonyl (C=O) groups is 1. The molecule has 118 valence electrons. The summed E-state index contributed by atoms with van der Waals surface area (Å²) >= 11 is 0. The second-order valence-corrected chi connectivity index (χ2v) is 5.68. The first-order valence-electron chi connectivity index (χ1n) is 7.53. The van der Waals surface area contributed by atoms with Gasteiger partial charge in [0, 0.05) is 6.42 Å². The molecule has 2 rings (SSSR count). The zero-order valence-electron chi connectivity index (χ0n) is 13.3. The monoisotopic (exact) mass is 301 g/mol. The summed E-state index contributed by atoms with van der Waals surface area (Å²) in [5, 5.41) is 2.91. The van der Waals surface area contributed by atoms with Gasteiger partial charge in [0.25, 0.3) is 0 Å². The van der Waals surface area contributed by atoms with Crippen molar-refractivity contribution in [2.45, 2.75) is 32.7 Å². The van der Waals surface area contributed by atoms with E-state index in [1.807, 2.05) is 36.4 Å². The Bertz CT molecular complexity index is 573. The third kappa shape index (κ3) is 4.38. The molecule has 0 saturated carbocycles. The third-order valence-electron chi connectivity index (χ3n) is 3.79. The van der Waals surface area contributed by atoms with E-state index in [4.69, 9.17) is 9.15 Å². The molecular weight excluding hydrogens is 278 g/mol. The van der Waals surface area contributed by atoms with Crippen molar-refractivity contribution in [2.75, 3.05) is 7.11 Å². The Morgan fingerprint density at radius 3 is 2.50 bits per heavy atom. The molecule has 0 radical (unpaired) electrons. The van der Waals surface area contributed by atoms with E-state index in [-0.39, 0.29) is 11.8 Å². The highest BCUT2D eigenvalue weighted by Gasteiger charge is 2.19. The molecular formula is C18H23NO3. The predicted octanol–water partition coefficient (Wildman–Crippen LogP) is 3.73. The Kier molecular flexibility index (Phi) is 5.64. The second-order valence-electron chi connectivity index (χ2n) is 5.68. The highest BCUT2D eigenvalue weighted by molar-refractivity contribution is 5.76. The molecule has 0 aliphatic rings. The van der Waals surface area contributed by atoms with Crippen LogP contribution in [-0.2, 0) is 11.3 Å². The predicted molar refractivity (Wildman–Crippen MR) is 85.7 cm³/mol. The van der Waals surface area contributed by atoms with Crippen LogP contribution in [0.25, 0.3) is 0 Å². The normalized spacial score (nSPS) is 12.2. The molecule has 1 amide bonds. The third-order valence-corrected chi connectivity index (χ3v) is 3.79. The molecule has 1 atom stereocenters. The summed E-state index contributed by atoms with van der Waals surface area (Å²) in [6.45, 7) is 4.70. The molecule has 0 fully saturated rings. The lowest BCUT2D eigenvalue weighted by Gasteiger charge is -2.21. The van der Waals surface area contributed by atoms with Crippen LogP contribution in [0.3, 0.4) is 0 Å². The molecule has 1 aromatic carbocycles. The number of furan rings is 1. The fourth-order valence-electron chi connectivity index (χ4n) is 2.46. The molecule has 0 aliphatic carbocycles. The molecule has 0 bridgehead atoms. The Morgan fingerprint density at radius 2 is 1.95 bits per heavy atom. The van der Waals surface area contributed by atoms with Crippen molar-refractivity contribution in [3.63, 3.8) is 0 Å². The van der Waals surface area contributed by atoms with E-state index in [2.05, 4.69) is 19.2 Å². The summed E-state index contributed by atoms with van der Waals surface area (Å²) in [4.78, 5) is 12.2. The quantitative estimate of drug-likeness (QED) is 0.847. The highest BCUT2D eigenvalue weighted by Crippen LogP contribution is 2.29. The molecule has 0 aliphatic heterocycles. The van der Waals surface area contributed by atoms with Gasteiger partial charge in [0.1, 0.15) is 11.5 Å². The SMILES string of the molecule is COc1ccc([C@H](CC(=O)NCc2ccco2)C(C)C)cc1. The average Bonchev–Trinajstić information content (AvgIpc) is 3.04. The molecule has 0 unspecified atom stereocenters. The fraction of sp³-hybridized carbons (Fsp3) is 0.389. The van der Waals surface area contributed by atoms with Crippen LogP contribution < -0.4 is 10.1 Å². The van der Waals surface area contributed by atoms with Crippen LogP contribution >= 0.6 is 0 Å². The fourth-order valence-corrected chi connectivity index (χ4v) is 2.46. The first-order valence-corrected chi connectivity index (χ1v) is 7.53. The Hall–Kier alpha value is -2.23. The molecule has 0 spiro atoms. The van der Waals surface area contributed by atoms with Crippen molar-refractivity contribution in [2.24, 2.45) is 5.92 Å². The van der Waals surface area contributed by atoms with Crippen LogP contribution in [0.1, 0.15) is 37.5 Å². The summed E-state index contributed by atoms with van der Waals surface area (Å²) in [6, 6.07) is 11.6. The molecule has 1 aromatic heterocycles. The van der Waals surface area contributed by atoms with Crippen molar-refractivity contribution >= 4 is 5.91 Å².